The highest BCUT2D eigenvalue weighted by molar-refractivity contribution is 9.10. The molecule has 0 bridgehead atoms. The second-order valence-corrected chi connectivity index (χ2v) is 5.64. The maximum atomic E-state index is 6.31. The van der Waals surface area contributed by atoms with Crippen molar-refractivity contribution in [3.63, 3.8) is 0 Å². The van der Waals surface area contributed by atoms with Crippen molar-refractivity contribution in [1.29, 1.82) is 0 Å². The van der Waals surface area contributed by atoms with E-state index >= 15 is 0 Å². The highest BCUT2D eigenvalue weighted by atomic mass is 79.9. The summed E-state index contributed by atoms with van der Waals surface area (Å²) in [5.74, 6) is 1.69. The molecule has 0 fully saturated rings. The predicted molar refractivity (Wildman–Crippen MR) is 88.9 cm³/mol. The van der Waals surface area contributed by atoms with Gasteiger partial charge in [0, 0.05) is 6.04 Å². The Morgan fingerprint density at radius 2 is 2.00 bits per heavy atom. The van der Waals surface area contributed by atoms with Crippen LogP contribution in [0.2, 0.25) is 0 Å². The van der Waals surface area contributed by atoms with Gasteiger partial charge in [-0.25, -0.2) is 0 Å². The lowest BCUT2D eigenvalue weighted by Crippen LogP contribution is -2.13. The topological polar surface area (TPSA) is 44.5 Å². The molecule has 0 aromatic heterocycles. The summed E-state index contributed by atoms with van der Waals surface area (Å²) in [5.41, 5.74) is 8.55. The van der Waals surface area contributed by atoms with E-state index in [0.717, 1.165) is 33.5 Å². The standard InChI is InChI=1S/C17H20BrNO2/c1-3-21-14-6-4-5-13(11-14)16(19)10-12-7-8-17(20-2)15(18)9-12/h4-9,11,16H,3,10,19H2,1-2H3. The van der Waals surface area contributed by atoms with Crippen LogP contribution in [0.1, 0.15) is 24.1 Å². The zero-order chi connectivity index (χ0) is 15.2. The quantitative estimate of drug-likeness (QED) is 0.853. The highest BCUT2D eigenvalue weighted by Gasteiger charge is 2.10. The van der Waals surface area contributed by atoms with Crippen molar-refractivity contribution >= 4 is 15.9 Å². The number of methoxy groups -OCH3 is 1. The average Bonchev–Trinajstić information content (AvgIpc) is 2.48. The van der Waals surface area contributed by atoms with Crippen LogP contribution in [0.5, 0.6) is 11.5 Å². The molecule has 0 radical (unpaired) electrons. The van der Waals surface area contributed by atoms with Gasteiger partial charge in [-0.3, -0.25) is 0 Å². The van der Waals surface area contributed by atoms with Crippen LogP contribution in [-0.4, -0.2) is 13.7 Å². The van der Waals surface area contributed by atoms with Crippen molar-refractivity contribution in [2.75, 3.05) is 13.7 Å². The van der Waals surface area contributed by atoms with Gasteiger partial charge in [0.15, 0.2) is 0 Å². The molecule has 2 aromatic carbocycles. The molecule has 0 amide bonds. The van der Waals surface area contributed by atoms with Crippen LogP contribution >= 0.6 is 15.9 Å². The number of hydrogen-bond donors (Lipinski definition) is 1. The third-order valence-corrected chi connectivity index (χ3v) is 3.89. The van der Waals surface area contributed by atoms with E-state index in [1.807, 2.05) is 49.4 Å². The first-order valence-electron chi connectivity index (χ1n) is 6.94. The summed E-state index contributed by atoms with van der Waals surface area (Å²) in [4.78, 5) is 0. The summed E-state index contributed by atoms with van der Waals surface area (Å²) >= 11 is 3.50. The lowest BCUT2D eigenvalue weighted by molar-refractivity contribution is 0.339. The highest BCUT2D eigenvalue weighted by Crippen LogP contribution is 2.28. The Balaban J connectivity index is 2.12. The Hall–Kier alpha value is -1.52. The molecule has 4 heteroatoms. The fourth-order valence-corrected chi connectivity index (χ4v) is 2.80. The Labute approximate surface area is 134 Å². The molecule has 2 N–H and O–H groups in total. The van der Waals surface area contributed by atoms with Gasteiger partial charge in [-0.15, -0.1) is 0 Å². The molecule has 112 valence electrons. The molecule has 0 aliphatic heterocycles. The van der Waals surface area contributed by atoms with Gasteiger partial charge in [0.1, 0.15) is 11.5 Å². The molecule has 3 nitrogen and oxygen atoms in total. The molecule has 0 saturated carbocycles. The van der Waals surface area contributed by atoms with Gasteiger partial charge >= 0.3 is 0 Å². The van der Waals surface area contributed by atoms with Crippen LogP contribution in [0.15, 0.2) is 46.9 Å². The number of rotatable bonds is 6. The minimum Gasteiger partial charge on any atom is -0.496 e. The molecule has 2 rings (SSSR count). The third-order valence-electron chi connectivity index (χ3n) is 3.27. The Bertz CT molecular complexity index is 601. The molecule has 2 aromatic rings. The summed E-state index contributed by atoms with van der Waals surface area (Å²) in [7, 11) is 1.66. The second kappa shape index (κ2) is 7.48. The van der Waals surface area contributed by atoms with Crippen LogP contribution in [0.4, 0.5) is 0 Å². The molecule has 1 unspecified atom stereocenters. The van der Waals surface area contributed by atoms with E-state index in [-0.39, 0.29) is 6.04 Å². The van der Waals surface area contributed by atoms with Gasteiger partial charge in [0.25, 0.3) is 0 Å². The number of nitrogens with two attached hydrogens (primary N) is 1. The summed E-state index contributed by atoms with van der Waals surface area (Å²) in [6, 6.07) is 13.9. The first-order valence-corrected chi connectivity index (χ1v) is 7.74. The molecule has 0 heterocycles. The van der Waals surface area contributed by atoms with Crippen LogP contribution in [-0.2, 0) is 6.42 Å². The average molecular weight is 350 g/mol. The summed E-state index contributed by atoms with van der Waals surface area (Å²) < 4.78 is 11.7. The van der Waals surface area contributed by atoms with Crippen molar-refractivity contribution in [2.45, 2.75) is 19.4 Å². The van der Waals surface area contributed by atoms with Gasteiger partial charge in [-0.2, -0.15) is 0 Å². The molecule has 0 aliphatic rings. The predicted octanol–water partition coefficient (Wildman–Crippen LogP) is 4.10. The van der Waals surface area contributed by atoms with E-state index in [9.17, 15) is 0 Å². The van der Waals surface area contributed by atoms with Crippen molar-refractivity contribution in [3.8, 4) is 11.5 Å². The van der Waals surface area contributed by atoms with Gasteiger partial charge in [-0.05, 0) is 64.7 Å². The largest absolute Gasteiger partial charge is 0.496 e. The van der Waals surface area contributed by atoms with E-state index < -0.39 is 0 Å². The zero-order valence-corrected chi connectivity index (χ0v) is 13.9. The number of halogens is 1. The van der Waals surface area contributed by atoms with Crippen LogP contribution < -0.4 is 15.2 Å². The van der Waals surface area contributed by atoms with E-state index in [0.29, 0.717) is 6.61 Å². The molecule has 0 aliphatic carbocycles. The Morgan fingerprint density at radius 3 is 2.67 bits per heavy atom. The van der Waals surface area contributed by atoms with Crippen molar-refractivity contribution in [1.82, 2.24) is 0 Å². The van der Waals surface area contributed by atoms with Crippen molar-refractivity contribution in [2.24, 2.45) is 5.73 Å². The molecular weight excluding hydrogens is 330 g/mol. The summed E-state index contributed by atoms with van der Waals surface area (Å²) in [6.45, 7) is 2.63. The van der Waals surface area contributed by atoms with E-state index in [1.165, 1.54) is 0 Å². The van der Waals surface area contributed by atoms with E-state index in [1.54, 1.807) is 7.11 Å². The van der Waals surface area contributed by atoms with Crippen molar-refractivity contribution in [3.05, 3.63) is 58.1 Å². The zero-order valence-electron chi connectivity index (χ0n) is 12.3. The lowest BCUT2D eigenvalue weighted by Gasteiger charge is -2.14. The van der Waals surface area contributed by atoms with E-state index in [4.69, 9.17) is 15.2 Å². The number of ether oxygens (including phenoxy) is 2. The molecule has 0 spiro atoms. The minimum atomic E-state index is -0.0642. The van der Waals surface area contributed by atoms with Crippen LogP contribution in [0, 0.1) is 0 Å². The van der Waals surface area contributed by atoms with E-state index in [2.05, 4.69) is 15.9 Å². The first-order chi connectivity index (χ1) is 10.1. The second-order valence-electron chi connectivity index (χ2n) is 4.79. The third kappa shape index (κ3) is 4.22. The van der Waals surface area contributed by atoms with Gasteiger partial charge < -0.3 is 15.2 Å². The monoisotopic (exact) mass is 349 g/mol. The lowest BCUT2D eigenvalue weighted by atomic mass is 9.99. The molecular formula is C17H20BrNO2. The molecule has 1 atom stereocenters. The van der Waals surface area contributed by atoms with Gasteiger partial charge in [0.05, 0.1) is 18.2 Å². The fraction of sp³-hybridized carbons (Fsp3) is 0.294. The maximum absolute atomic E-state index is 6.31. The number of benzene rings is 2. The van der Waals surface area contributed by atoms with Crippen molar-refractivity contribution < 1.29 is 9.47 Å². The Morgan fingerprint density at radius 1 is 1.19 bits per heavy atom. The first kappa shape index (κ1) is 15.9. The van der Waals surface area contributed by atoms with Crippen LogP contribution in [0.25, 0.3) is 0 Å². The fourth-order valence-electron chi connectivity index (χ4n) is 2.21. The summed E-state index contributed by atoms with van der Waals surface area (Å²) in [5, 5.41) is 0. The SMILES string of the molecule is CCOc1cccc(C(N)Cc2ccc(OC)c(Br)c2)c1. The maximum Gasteiger partial charge on any atom is 0.133 e. The molecule has 0 saturated heterocycles. The normalized spacial score (nSPS) is 12.0. The van der Waals surface area contributed by atoms with Crippen LogP contribution in [0.3, 0.4) is 0 Å². The smallest absolute Gasteiger partial charge is 0.133 e. The van der Waals surface area contributed by atoms with Gasteiger partial charge in [-0.1, -0.05) is 18.2 Å². The minimum absolute atomic E-state index is 0.0642. The number of hydrogen-bond acceptors (Lipinski definition) is 3. The summed E-state index contributed by atoms with van der Waals surface area (Å²) in [6.07, 6.45) is 0.762. The molecule has 21 heavy (non-hydrogen) atoms. The Kier molecular flexibility index (Phi) is 5.65. The van der Waals surface area contributed by atoms with Gasteiger partial charge in [0.2, 0.25) is 0 Å².